The summed E-state index contributed by atoms with van der Waals surface area (Å²) in [5.41, 5.74) is 1.09. The number of anilines is 2. The van der Waals surface area contributed by atoms with Crippen LogP contribution < -0.4 is 15.5 Å². The van der Waals surface area contributed by atoms with E-state index in [-0.39, 0.29) is 17.9 Å². The molecule has 19 heavy (non-hydrogen) atoms. The van der Waals surface area contributed by atoms with Crippen LogP contribution in [0.4, 0.5) is 20.6 Å². The first-order valence-corrected chi connectivity index (χ1v) is 6.68. The third-order valence-electron chi connectivity index (χ3n) is 3.07. The first-order valence-electron chi connectivity index (χ1n) is 6.68. The number of carbonyl (C=O) groups excluding carboxylic acids is 1. The predicted octanol–water partition coefficient (Wildman–Crippen LogP) is 2.96. The topological polar surface area (TPSA) is 44.4 Å². The Morgan fingerprint density at radius 1 is 1.32 bits per heavy atom. The molecule has 1 aromatic rings. The van der Waals surface area contributed by atoms with Crippen LogP contribution in [-0.2, 0) is 0 Å². The molecule has 5 heteroatoms. The van der Waals surface area contributed by atoms with Gasteiger partial charge in [-0.3, -0.25) is 0 Å². The fraction of sp³-hybridized carbons (Fsp3) is 0.500. The quantitative estimate of drug-likeness (QED) is 0.882. The van der Waals surface area contributed by atoms with Crippen molar-refractivity contribution in [1.29, 1.82) is 0 Å². The van der Waals surface area contributed by atoms with Crippen molar-refractivity contribution in [3.05, 3.63) is 24.0 Å². The summed E-state index contributed by atoms with van der Waals surface area (Å²) < 4.78 is 14.0. The normalized spacial score (nSPS) is 14.8. The number of nitrogens with one attached hydrogen (secondary N) is 2. The van der Waals surface area contributed by atoms with Crippen LogP contribution in [0.2, 0.25) is 0 Å². The maximum Gasteiger partial charge on any atom is 0.319 e. The molecule has 1 heterocycles. The third-order valence-corrected chi connectivity index (χ3v) is 3.07. The number of rotatable bonds is 3. The lowest BCUT2D eigenvalue weighted by molar-refractivity contribution is 0.250. The Morgan fingerprint density at radius 2 is 2.00 bits per heavy atom. The van der Waals surface area contributed by atoms with Crippen LogP contribution in [0.5, 0.6) is 0 Å². The first kappa shape index (κ1) is 13.6. The van der Waals surface area contributed by atoms with Crippen molar-refractivity contribution in [1.82, 2.24) is 5.32 Å². The number of amides is 2. The van der Waals surface area contributed by atoms with E-state index in [1.54, 1.807) is 12.1 Å². The first-order chi connectivity index (χ1) is 9.06. The van der Waals surface area contributed by atoms with Crippen molar-refractivity contribution in [3.63, 3.8) is 0 Å². The molecule has 104 valence electrons. The second kappa shape index (κ2) is 5.91. The largest absolute Gasteiger partial charge is 0.369 e. The van der Waals surface area contributed by atoms with E-state index in [0.717, 1.165) is 25.9 Å². The van der Waals surface area contributed by atoms with Gasteiger partial charge in [0.1, 0.15) is 5.82 Å². The molecule has 1 aliphatic heterocycles. The summed E-state index contributed by atoms with van der Waals surface area (Å²) in [5, 5.41) is 5.32. The molecule has 2 amide bonds. The lowest BCUT2D eigenvalue weighted by atomic mass is 10.2. The van der Waals surface area contributed by atoms with E-state index in [1.807, 2.05) is 18.7 Å². The second-order valence-corrected chi connectivity index (χ2v) is 5.11. The highest BCUT2D eigenvalue weighted by Crippen LogP contribution is 2.25. The minimum atomic E-state index is -0.316. The summed E-state index contributed by atoms with van der Waals surface area (Å²) in [6.45, 7) is 5.54. The van der Waals surface area contributed by atoms with Crippen LogP contribution in [0.15, 0.2) is 18.2 Å². The Hall–Kier alpha value is -1.78. The van der Waals surface area contributed by atoms with Crippen LogP contribution in [0, 0.1) is 5.82 Å². The van der Waals surface area contributed by atoms with Crippen molar-refractivity contribution >= 4 is 17.4 Å². The van der Waals surface area contributed by atoms with Crippen molar-refractivity contribution < 1.29 is 9.18 Å². The standard InChI is InChI=1S/C14H20FN3O/c1-10(2)16-14(19)17-11-5-6-13(12(15)9-11)18-7-3-4-8-18/h5-6,9-10H,3-4,7-8H2,1-2H3,(H2,16,17,19). The molecule has 0 aromatic heterocycles. The van der Waals surface area contributed by atoms with Crippen molar-refractivity contribution in [3.8, 4) is 0 Å². The van der Waals surface area contributed by atoms with E-state index >= 15 is 0 Å². The molecule has 0 spiro atoms. The van der Waals surface area contributed by atoms with Gasteiger partial charge in [0.2, 0.25) is 0 Å². The zero-order chi connectivity index (χ0) is 13.8. The van der Waals surface area contributed by atoms with Gasteiger partial charge in [-0.05, 0) is 44.9 Å². The monoisotopic (exact) mass is 265 g/mol. The van der Waals surface area contributed by atoms with Crippen LogP contribution in [0.3, 0.4) is 0 Å². The summed E-state index contributed by atoms with van der Waals surface area (Å²) >= 11 is 0. The molecule has 0 unspecified atom stereocenters. The summed E-state index contributed by atoms with van der Waals surface area (Å²) in [5.74, 6) is -0.288. The predicted molar refractivity (Wildman–Crippen MR) is 75.1 cm³/mol. The zero-order valence-electron chi connectivity index (χ0n) is 11.4. The van der Waals surface area contributed by atoms with Crippen molar-refractivity contribution in [2.75, 3.05) is 23.3 Å². The molecule has 0 radical (unpaired) electrons. The van der Waals surface area contributed by atoms with E-state index in [4.69, 9.17) is 0 Å². The van der Waals surface area contributed by atoms with Gasteiger partial charge < -0.3 is 15.5 Å². The van der Waals surface area contributed by atoms with Gasteiger partial charge in [0, 0.05) is 24.8 Å². The molecule has 2 rings (SSSR count). The number of benzene rings is 1. The molecule has 0 aliphatic carbocycles. The molecular weight excluding hydrogens is 245 g/mol. The van der Waals surface area contributed by atoms with E-state index in [2.05, 4.69) is 10.6 Å². The summed E-state index contributed by atoms with van der Waals surface area (Å²) in [6.07, 6.45) is 2.21. The third kappa shape index (κ3) is 3.59. The molecular formula is C14H20FN3O. The van der Waals surface area contributed by atoms with Crippen molar-refractivity contribution in [2.24, 2.45) is 0 Å². The average Bonchev–Trinajstić information content (AvgIpc) is 2.81. The highest BCUT2D eigenvalue weighted by atomic mass is 19.1. The Balaban J connectivity index is 2.04. The van der Waals surface area contributed by atoms with Gasteiger partial charge >= 0.3 is 6.03 Å². The molecule has 0 saturated carbocycles. The Labute approximate surface area is 113 Å². The molecule has 1 aliphatic rings. The SMILES string of the molecule is CC(C)NC(=O)Nc1ccc(N2CCCC2)c(F)c1. The number of hydrogen-bond donors (Lipinski definition) is 2. The smallest absolute Gasteiger partial charge is 0.319 e. The highest BCUT2D eigenvalue weighted by molar-refractivity contribution is 5.89. The highest BCUT2D eigenvalue weighted by Gasteiger charge is 2.16. The number of halogens is 1. The van der Waals surface area contributed by atoms with E-state index in [0.29, 0.717) is 11.4 Å². The molecule has 2 N–H and O–H groups in total. The number of hydrogen-bond acceptors (Lipinski definition) is 2. The zero-order valence-corrected chi connectivity index (χ0v) is 11.4. The van der Waals surface area contributed by atoms with Gasteiger partial charge in [-0.1, -0.05) is 0 Å². The van der Waals surface area contributed by atoms with Crippen LogP contribution in [-0.4, -0.2) is 25.2 Å². The number of carbonyl (C=O) groups is 1. The molecule has 4 nitrogen and oxygen atoms in total. The van der Waals surface area contributed by atoms with Gasteiger partial charge in [-0.15, -0.1) is 0 Å². The van der Waals surface area contributed by atoms with Gasteiger partial charge in [0.25, 0.3) is 0 Å². The molecule has 1 saturated heterocycles. The van der Waals surface area contributed by atoms with Crippen LogP contribution in [0.1, 0.15) is 26.7 Å². The summed E-state index contributed by atoms with van der Waals surface area (Å²) in [7, 11) is 0. The summed E-state index contributed by atoms with van der Waals surface area (Å²) in [6, 6.07) is 4.56. The lowest BCUT2D eigenvalue weighted by Crippen LogP contribution is -2.34. The fourth-order valence-electron chi connectivity index (χ4n) is 2.23. The minimum absolute atomic E-state index is 0.0497. The van der Waals surface area contributed by atoms with E-state index < -0.39 is 0 Å². The number of urea groups is 1. The van der Waals surface area contributed by atoms with Gasteiger partial charge in [0.05, 0.1) is 5.69 Å². The van der Waals surface area contributed by atoms with Gasteiger partial charge in [0.15, 0.2) is 0 Å². The lowest BCUT2D eigenvalue weighted by Gasteiger charge is -2.19. The maximum absolute atomic E-state index is 14.0. The van der Waals surface area contributed by atoms with Gasteiger partial charge in [-0.25, -0.2) is 9.18 Å². The fourth-order valence-corrected chi connectivity index (χ4v) is 2.23. The Kier molecular flexibility index (Phi) is 4.24. The van der Waals surface area contributed by atoms with Crippen LogP contribution in [0.25, 0.3) is 0 Å². The van der Waals surface area contributed by atoms with Gasteiger partial charge in [-0.2, -0.15) is 0 Å². The maximum atomic E-state index is 14.0. The average molecular weight is 265 g/mol. The number of nitrogens with zero attached hydrogens (tertiary/aromatic N) is 1. The molecule has 0 atom stereocenters. The second-order valence-electron chi connectivity index (χ2n) is 5.11. The minimum Gasteiger partial charge on any atom is -0.369 e. The Bertz CT molecular complexity index is 456. The Morgan fingerprint density at radius 3 is 2.58 bits per heavy atom. The molecule has 0 bridgehead atoms. The van der Waals surface area contributed by atoms with E-state index in [1.165, 1.54) is 6.07 Å². The van der Waals surface area contributed by atoms with Crippen molar-refractivity contribution in [2.45, 2.75) is 32.7 Å². The van der Waals surface area contributed by atoms with E-state index in [9.17, 15) is 9.18 Å². The summed E-state index contributed by atoms with van der Waals surface area (Å²) in [4.78, 5) is 13.6. The molecule has 1 fully saturated rings. The molecule has 1 aromatic carbocycles. The van der Waals surface area contributed by atoms with Crippen LogP contribution >= 0.6 is 0 Å².